The minimum Gasteiger partial charge on any atom is -0.310 e. The van der Waals surface area contributed by atoms with Gasteiger partial charge in [0.25, 0.3) is 0 Å². The van der Waals surface area contributed by atoms with E-state index in [0.29, 0.717) is 0 Å². The summed E-state index contributed by atoms with van der Waals surface area (Å²) in [6, 6.07) is 78.5. The summed E-state index contributed by atoms with van der Waals surface area (Å²) in [5, 5.41) is 0. The fourth-order valence-corrected chi connectivity index (χ4v) is 10.5. The highest BCUT2D eigenvalue weighted by Crippen LogP contribution is 2.54. The van der Waals surface area contributed by atoms with Crippen LogP contribution in [0.3, 0.4) is 0 Å². The topological polar surface area (TPSA) is 3.24 Å². The molecular weight excluding hydrogens is 735 g/mol. The number of para-hydroxylation sites is 1. The SMILES string of the molecule is CC1(C)c2ccccc2-c2ccc(N(c3cccc(-c4cccc5c4C(C)(C)c4ccccc4-5)c3)c3ccccc3-c3cccc(-c4ccccc4-c4ccccc4)c3)cc21. The van der Waals surface area contributed by atoms with E-state index >= 15 is 0 Å². The normalized spacial score (nSPS) is 13.8. The van der Waals surface area contributed by atoms with Crippen molar-refractivity contribution in [3.05, 3.63) is 235 Å². The molecule has 0 heterocycles. The number of rotatable bonds is 7. The predicted molar refractivity (Wildman–Crippen MR) is 258 cm³/mol. The van der Waals surface area contributed by atoms with Gasteiger partial charge in [-0.25, -0.2) is 0 Å². The average Bonchev–Trinajstić information content (AvgIpc) is 3.69. The van der Waals surface area contributed by atoms with Gasteiger partial charge in [-0.2, -0.15) is 0 Å². The third-order valence-electron chi connectivity index (χ3n) is 13.5. The van der Waals surface area contributed by atoms with Gasteiger partial charge in [0, 0.05) is 27.8 Å². The van der Waals surface area contributed by atoms with E-state index in [1.165, 1.54) is 89.0 Å². The number of benzene rings is 9. The summed E-state index contributed by atoms with van der Waals surface area (Å²) in [7, 11) is 0. The minimum absolute atomic E-state index is 0.129. The summed E-state index contributed by atoms with van der Waals surface area (Å²) in [5.41, 5.74) is 23.7. The standard InChI is InChI=1S/C60H47N/c1-59(2)54-32-13-10-28-50(54)52-36-35-45(39-56(52)59)61(44-24-17-23-43(38-44)49-30-18-31-53-51-29-11-14-33-55(51)60(3,4)58(49)53)57-34-15-12-27-48(57)42-22-16-21-41(37-42)47-26-9-8-25-46(47)40-19-6-5-7-20-40/h5-39H,1-4H3. The van der Waals surface area contributed by atoms with E-state index in [0.717, 1.165) is 17.1 Å². The minimum atomic E-state index is -0.138. The van der Waals surface area contributed by atoms with Gasteiger partial charge in [-0.05, 0) is 120 Å². The van der Waals surface area contributed by atoms with Gasteiger partial charge in [-0.3, -0.25) is 0 Å². The largest absolute Gasteiger partial charge is 0.310 e. The summed E-state index contributed by atoms with van der Waals surface area (Å²) in [4.78, 5) is 2.49. The quantitative estimate of drug-likeness (QED) is 0.156. The molecule has 0 spiro atoms. The first-order chi connectivity index (χ1) is 29.8. The molecule has 0 saturated heterocycles. The van der Waals surface area contributed by atoms with Crippen molar-refractivity contribution < 1.29 is 0 Å². The molecule has 1 heteroatoms. The van der Waals surface area contributed by atoms with Crippen LogP contribution < -0.4 is 4.90 Å². The Kier molecular flexibility index (Phi) is 8.58. The maximum atomic E-state index is 2.49. The van der Waals surface area contributed by atoms with E-state index in [4.69, 9.17) is 0 Å². The second-order valence-electron chi connectivity index (χ2n) is 17.7. The van der Waals surface area contributed by atoms with Crippen LogP contribution in [-0.2, 0) is 10.8 Å². The smallest absolute Gasteiger partial charge is 0.0540 e. The van der Waals surface area contributed by atoms with E-state index in [1.54, 1.807) is 0 Å². The average molecular weight is 782 g/mol. The molecule has 0 fully saturated rings. The van der Waals surface area contributed by atoms with E-state index < -0.39 is 0 Å². The lowest BCUT2D eigenvalue weighted by atomic mass is 9.79. The molecule has 0 amide bonds. The summed E-state index contributed by atoms with van der Waals surface area (Å²) in [6.07, 6.45) is 0. The number of hydrogen-bond acceptors (Lipinski definition) is 1. The molecule has 0 unspecified atom stereocenters. The first kappa shape index (κ1) is 36.8. The molecule has 0 aliphatic heterocycles. The fourth-order valence-electron chi connectivity index (χ4n) is 10.5. The summed E-state index contributed by atoms with van der Waals surface area (Å²) >= 11 is 0. The molecule has 292 valence electrons. The van der Waals surface area contributed by atoms with Crippen molar-refractivity contribution in [1.29, 1.82) is 0 Å². The maximum Gasteiger partial charge on any atom is 0.0540 e. The zero-order chi connectivity index (χ0) is 41.3. The van der Waals surface area contributed by atoms with Crippen molar-refractivity contribution in [2.24, 2.45) is 0 Å². The van der Waals surface area contributed by atoms with Crippen LogP contribution in [0.15, 0.2) is 212 Å². The molecule has 0 saturated carbocycles. The van der Waals surface area contributed by atoms with Crippen LogP contribution in [0.2, 0.25) is 0 Å². The van der Waals surface area contributed by atoms with E-state index in [2.05, 4.69) is 245 Å². The Balaban J connectivity index is 1.10. The molecule has 2 aliphatic rings. The Bertz CT molecular complexity index is 3150. The lowest BCUT2D eigenvalue weighted by Crippen LogP contribution is -2.17. The summed E-state index contributed by atoms with van der Waals surface area (Å²) in [6.45, 7) is 9.50. The Morgan fingerprint density at radius 2 is 0.738 bits per heavy atom. The van der Waals surface area contributed by atoms with Gasteiger partial charge in [-0.15, -0.1) is 0 Å². The van der Waals surface area contributed by atoms with Crippen molar-refractivity contribution in [3.63, 3.8) is 0 Å². The molecule has 0 N–H and O–H groups in total. The molecule has 2 aliphatic carbocycles. The second kappa shape index (κ2) is 14.2. The molecule has 9 aromatic rings. The van der Waals surface area contributed by atoms with Crippen molar-refractivity contribution in [2.45, 2.75) is 38.5 Å². The molecule has 0 radical (unpaired) electrons. The zero-order valence-corrected chi connectivity index (χ0v) is 35.2. The van der Waals surface area contributed by atoms with Crippen molar-refractivity contribution in [3.8, 4) is 66.8 Å². The van der Waals surface area contributed by atoms with Crippen LogP contribution in [-0.4, -0.2) is 0 Å². The molecular formula is C60H47N. The highest BCUT2D eigenvalue weighted by Gasteiger charge is 2.38. The first-order valence-electron chi connectivity index (χ1n) is 21.5. The Morgan fingerprint density at radius 1 is 0.279 bits per heavy atom. The van der Waals surface area contributed by atoms with Crippen LogP contribution in [0.4, 0.5) is 17.1 Å². The Hall–Kier alpha value is -7.22. The summed E-state index contributed by atoms with van der Waals surface area (Å²) < 4.78 is 0. The third kappa shape index (κ3) is 5.91. The summed E-state index contributed by atoms with van der Waals surface area (Å²) in [5.74, 6) is 0. The molecule has 61 heavy (non-hydrogen) atoms. The van der Waals surface area contributed by atoms with Crippen LogP contribution in [0.5, 0.6) is 0 Å². The van der Waals surface area contributed by atoms with Crippen molar-refractivity contribution >= 4 is 17.1 Å². The van der Waals surface area contributed by atoms with E-state index in [-0.39, 0.29) is 10.8 Å². The van der Waals surface area contributed by atoms with E-state index in [1.807, 2.05) is 0 Å². The van der Waals surface area contributed by atoms with Gasteiger partial charge in [0.2, 0.25) is 0 Å². The van der Waals surface area contributed by atoms with Gasteiger partial charge in [-0.1, -0.05) is 204 Å². The van der Waals surface area contributed by atoms with Gasteiger partial charge in [0.1, 0.15) is 0 Å². The second-order valence-corrected chi connectivity index (χ2v) is 17.7. The molecule has 11 rings (SSSR count). The monoisotopic (exact) mass is 781 g/mol. The van der Waals surface area contributed by atoms with Crippen LogP contribution >= 0.6 is 0 Å². The fraction of sp³-hybridized carbons (Fsp3) is 0.100. The zero-order valence-electron chi connectivity index (χ0n) is 35.2. The van der Waals surface area contributed by atoms with Crippen LogP contribution in [0, 0.1) is 0 Å². The predicted octanol–water partition coefficient (Wildman–Crippen LogP) is 16.4. The highest BCUT2D eigenvalue weighted by molar-refractivity contribution is 5.94. The van der Waals surface area contributed by atoms with Gasteiger partial charge in [0.05, 0.1) is 5.69 Å². The molecule has 0 bridgehead atoms. The Morgan fingerprint density at radius 3 is 1.48 bits per heavy atom. The molecule has 1 nitrogen and oxygen atoms in total. The highest BCUT2D eigenvalue weighted by atomic mass is 15.1. The number of fused-ring (bicyclic) bond motifs is 6. The first-order valence-corrected chi connectivity index (χ1v) is 21.5. The van der Waals surface area contributed by atoms with Crippen LogP contribution in [0.25, 0.3) is 66.8 Å². The number of anilines is 3. The van der Waals surface area contributed by atoms with Crippen LogP contribution in [0.1, 0.15) is 49.9 Å². The number of hydrogen-bond donors (Lipinski definition) is 0. The molecule has 9 aromatic carbocycles. The van der Waals surface area contributed by atoms with Gasteiger partial charge in [0.15, 0.2) is 0 Å². The number of nitrogens with zero attached hydrogens (tertiary/aromatic N) is 1. The molecule has 0 atom stereocenters. The van der Waals surface area contributed by atoms with Crippen molar-refractivity contribution in [2.75, 3.05) is 4.90 Å². The lowest BCUT2D eigenvalue weighted by Gasteiger charge is -2.30. The van der Waals surface area contributed by atoms with Gasteiger partial charge >= 0.3 is 0 Å². The third-order valence-corrected chi connectivity index (χ3v) is 13.5. The molecule has 0 aromatic heterocycles. The van der Waals surface area contributed by atoms with Crippen molar-refractivity contribution in [1.82, 2.24) is 0 Å². The maximum absolute atomic E-state index is 2.49. The lowest BCUT2D eigenvalue weighted by molar-refractivity contribution is 0.660. The van der Waals surface area contributed by atoms with E-state index in [9.17, 15) is 0 Å². The van der Waals surface area contributed by atoms with Gasteiger partial charge < -0.3 is 4.90 Å². The Labute approximate surface area is 360 Å².